The van der Waals surface area contributed by atoms with Crippen molar-refractivity contribution in [2.45, 2.75) is 27.7 Å². The maximum Gasteiger partial charge on any atom is 0.276 e. The van der Waals surface area contributed by atoms with E-state index in [1.54, 1.807) is 0 Å². The number of aryl methyl sites for hydroxylation is 3. The van der Waals surface area contributed by atoms with Gasteiger partial charge in [0.15, 0.2) is 5.13 Å². The Hall–Kier alpha value is -1.82. The van der Waals surface area contributed by atoms with Gasteiger partial charge in [-0.2, -0.15) is 0 Å². The van der Waals surface area contributed by atoms with Gasteiger partial charge in [-0.25, -0.2) is 15.0 Å². The molecule has 0 radical (unpaired) electrons. The van der Waals surface area contributed by atoms with Gasteiger partial charge in [0.1, 0.15) is 12.0 Å². The number of carbonyl (C=O) groups excluding carboxylic acids is 1. The molecule has 94 valence electrons. The van der Waals surface area contributed by atoms with Crippen molar-refractivity contribution in [1.82, 2.24) is 15.0 Å². The molecule has 18 heavy (non-hydrogen) atoms. The number of nitrogens with one attached hydrogen (secondary N) is 1. The highest BCUT2D eigenvalue weighted by Crippen LogP contribution is 2.21. The maximum atomic E-state index is 12.1. The van der Waals surface area contributed by atoms with Gasteiger partial charge in [-0.3, -0.25) is 10.1 Å². The van der Waals surface area contributed by atoms with Gasteiger partial charge in [0.25, 0.3) is 5.91 Å². The highest BCUT2D eigenvalue weighted by molar-refractivity contribution is 7.15. The van der Waals surface area contributed by atoms with Gasteiger partial charge >= 0.3 is 0 Å². The van der Waals surface area contributed by atoms with Crippen LogP contribution in [0, 0.1) is 27.7 Å². The number of hydrogen-bond acceptors (Lipinski definition) is 5. The second-order valence-electron chi connectivity index (χ2n) is 4.05. The molecule has 0 aliphatic heterocycles. The molecule has 0 aromatic carbocycles. The van der Waals surface area contributed by atoms with Crippen LogP contribution in [0.15, 0.2) is 6.33 Å². The highest BCUT2D eigenvalue weighted by Gasteiger charge is 2.14. The molecule has 0 saturated heterocycles. The van der Waals surface area contributed by atoms with Crippen molar-refractivity contribution >= 4 is 22.4 Å². The van der Waals surface area contributed by atoms with Gasteiger partial charge in [0.05, 0.1) is 5.69 Å². The minimum absolute atomic E-state index is 0.244. The van der Waals surface area contributed by atoms with Crippen molar-refractivity contribution in [3.63, 3.8) is 0 Å². The molecule has 0 spiro atoms. The predicted octanol–water partition coefficient (Wildman–Crippen LogP) is 2.42. The van der Waals surface area contributed by atoms with Crippen molar-refractivity contribution in [3.8, 4) is 0 Å². The van der Waals surface area contributed by atoms with Crippen LogP contribution in [-0.2, 0) is 0 Å². The molecule has 0 fully saturated rings. The lowest BCUT2D eigenvalue weighted by molar-refractivity contribution is 0.102. The first-order valence-electron chi connectivity index (χ1n) is 5.52. The van der Waals surface area contributed by atoms with Crippen molar-refractivity contribution in [1.29, 1.82) is 0 Å². The zero-order valence-electron chi connectivity index (χ0n) is 10.7. The fraction of sp³-hybridized carbons (Fsp3) is 0.333. The third-order valence-electron chi connectivity index (χ3n) is 2.80. The maximum absolute atomic E-state index is 12.1. The molecular formula is C12H14N4OS. The lowest BCUT2D eigenvalue weighted by Crippen LogP contribution is -2.16. The Morgan fingerprint density at radius 2 is 1.89 bits per heavy atom. The summed E-state index contributed by atoms with van der Waals surface area (Å²) in [6.45, 7) is 7.58. The van der Waals surface area contributed by atoms with Crippen molar-refractivity contribution in [3.05, 3.63) is 33.8 Å². The molecule has 0 atom stereocenters. The Morgan fingerprint density at radius 1 is 1.17 bits per heavy atom. The van der Waals surface area contributed by atoms with Crippen LogP contribution in [0.25, 0.3) is 0 Å². The van der Waals surface area contributed by atoms with E-state index in [9.17, 15) is 4.79 Å². The average Bonchev–Trinajstić information content (AvgIpc) is 2.61. The Kier molecular flexibility index (Phi) is 3.38. The van der Waals surface area contributed by atoms with Crippen molar-refractivity contribution < 1.29 is 4.79 Å². The number of thiazole rings is 1. The molecule has 6 heteroatoms. The van der Waals surface area contributed by atoms with E-state index in [-0.39, 0.29) is 5.91 Å². The fourth-order valence-corrected chi connectivity index (χ4v) is 2.26. The molecular weight excluding hydrogens is 248 g/mol. The Balaban J connectivity index is 2.24. The van der Waals surface area contributed by atoms with Gasteiger partial charge in [-0.15, -0.1) is 11.3 Å². The zero-order chi connectivity index (χ0) is 13.3. The number of anilines is 1. The summed E-state index contributed by atoms with van der Waals surface area (Å²) in [5.41, 5.74) is 2.93. The van der Waals surface area contributed by atoms with Crippen LogP contribution in [0.1, 0.15) is 32.3 Å². The zero-order valence-corrected chi connectivity index (χ0v) is 11.6. The van der Waals surface area contributed by atoms with E-state index in [0.717, 1.165) is 21.8 Å². The molecule has 1 amide bonds. The van der Waals surface area contributed by atoms with E-state index in [0.29, 0.717) is 10.8 Å². The van der Waals surface area contributed by atoms with Crippen molar-refractivity contribution in [2.24, 2.45) is 0 Å². The quantitative estimate of drug-likeness (QED) is 0.902. The molecule has 5 nitrogen and oxygen atoms in total. The summed E-state index contributed by atoms with van der Waals surface area (Å²) in [5, 5.41) is 3.37. The second kappa shape index (κ2) is 4.81. The van der Waals surface area contributed by atoms with Crippen LogP contribution in [0.5, 0.6) is 0 Å². The fourth-order valence-electron chi connectivity index (χ4n) is 1.45. The van der Waals surface area contributed by atoms with Crippen LogP contribution in [0.3, 0.4) is 0 Å². The molecule has 2 heterocycles. The first kappa shape index (κ1) is 12.6. The molecule has 1 N–H and O–H groups in total. The van der Waals surface area contributed by atoms with Crippen molar-refractivity contribution in [2.75, 3.05) is 5.32 Å². The minimum Gasteiger partial charge on any atom is -0.296 e. The third kappa shape index (κ3) is 2.38. The lowest BCUT2D eigenvalue weighted by atomic mass is 10.2. The summed E-state index contributed by atoms with van der Waals surface area (Å²) >= 11 is 1.46. The summed E-state index contributed by atoms with van der Waals surface area (Å²) < 4.78 is 0. The van der Waals surface area contributed by atoms with E-state index >= 15 is 0 Å². The number of nitrogens with zero attached hydrogens (tertiary/aromatic N) is 3. The molecule has 0 aliphatic carbocycles. The third-order valence-corrected chi connectivity index (χ3v) is 3.79. The largest absolute Gasteiger partial charge is 0.296 e. The van der Waals surface area contributed by atoms with E-state index in [4.69, 9.17) is 0 Å². The van der Waals surface area contributed by atoms with Gasteiger partial charge in [0, 0.05) is 16.1 Å². The Morgan fingerprint density at radius 3 is 2.50 bits per heavy atom. The number of carbonyl (C=O) groups is 1. The summed E-state index contributed by atoms with van der Waals surface area (Å²) in [6.07, 6.45) is 1.40. The van der Waals surface area contributed by atoms with E-state index in [1.165, 1.54) is 17.7 Å². The average molecular weight is 262 g/mol. The molecule has 0 aliphatic rings. The van der Waals surface area contributed by atoms with Gasteiger partial charge in [0.2, 0.25) is 0 Å². The highest BCUT2D eigenvalue weighted by atomic mass is 32.1. The smallest absolute Gasteiger partial charge is 0.276 e. The van der Waals surface area contributed by atoms with Crippen LogP contribution in [0.4, 0.5) is 5.13 Å². The number of aromatic nitrogens is 3. The van der Waals surface area contributed by atoms with Gasteiger partial charge in [-0.05, 0) is 27.7 Å². The lowest BCUT2D eigenvalue weighted by Gasteiger charge is -2.05. The molecule has 0 bridgehead atoms. The molecule has 2 aromatic heterocycles. The van der Waals surface area contributed by atoms with Crippen LogP contribution in [0.2, 0.25) is 0 Å². The second-order valence-corrected chi connectivity index (χ2v) is 5.25. The molecule has 2 rings (SSSR count). The molecule has 0 unspecified atom stereocenters. The van der Waals surface area contributed by atoms with Gasteiger partial charge < -0.3 is 0 Å². The van der Waals surface area contributed by atoms with Crippen LogP contribution >= 0.6 is 11.3 Å². The summed E-state index contributed by atoms with van der Waals surface area (Å²) in [7, 11) is 0. The van der Waals surface area contributed by atoms with E-state index in [1.807, 2.05) is 27.7 Å². The monoisotopic (exact) mass is 262 g/mol. The Bertz CT molecular complexity index is 587. The van der Waals surface area contributed by atoms with Crippen LogP contribution in [-0.4, -0.2) is 20.9 Å². The predicted molar refractivity (Wildman–Crippen MR) is 71.0 cm³/mol. The first-order valence-corrected chi connectivity index (χ1v) is 6.34. The molecule has 0 saturated carbocycles. The Labute approximate surface area is 109 Å². The first-order chi connectivity index (χ1) is 8.49. The minimum atomic E-state index is -0.244. The summed E-state index contributed by atoms with van der Waals surface area (Å²) in [5.74, 6) is -0.244. The number of rotatable bonds is 2. The number of hydrogen-bond donors (Lipinski definition) is 1. The SMILES string of the molecule is Cc1nc(NC(=O)c2ncnc(C)c2C)sc1C. The van der Waals surface area contributed by atoms with Gasteiger partial charge in [-0.1, -0.05) is 0 Å². The normalized spacial score (nSPS) is 10.4. The van der Waals surface area contributed by atoms with E-state index < -0.39 is 0 Å². The standard InChI is InChI=1S/C12H14N4OS/c1-6-7(2)13-5-14-10(6)11(17)16-12-15-8(3)9(4)18-12/h5H,1-4H3,(H,15,16,17). The summed E-state index contributed by atoms with van der Waals surface area (Å²) in [4.78, 5) is 25.5. The summed E-state index contributed by atoms with van der Waals surface area (Å²) in [6, 6.07) is 0. The number of amides is 1. The topological polar surface area (TPSA) is 67.8 Å². The van der Waals surface area contributed by atoms with Crippen LogP contribution < -0.4 is 5.32 Å². The van der Waals surface area contributed by atoms with E-state index in [2.05, 4.69) is 20.3 Å². The molecule has 2 aromatic rings.